The van der Waals surface area contributed by atoms with Crippen LogP contribution in [0.5, 0.6) is 28.7 Å². The van der Waals surface area contributed by atoms with Gasteiger partial charge in [0.1, 0.15) is 47.0 Å². The smallest absolute Gasteiger partial charge is 0.337 e. The number of amides is 1. The summed E-state index contributed by atoms with van der Waals surface area (Å²) in [6.45, 7) is 11.0. The molecule has 22 heteroatoms. The highest BCUT2D eigenvalue weighted by molar-refractivity contribution is 14.1. The molecule has 12 aromatic rings. The van der Waals surface area contributed by atoms with Crippen LogP contribution in [0.4, 0.5) is 28.4 Å². The number of aryl methyl sites for hydroxylation is 1. The standard InChI is InChI=1S/C26H27N3O4.C17H17NO2.C14H13NO3.C14H11NO2.C7H5IO2.C7H9NO/c1-5-13-29-22-9-7-6-8-19(22)24(20-15-18(32-4)10-11-23(20)29)21(16-27)25(30)28-12-14-33-26(31)17(2)3;1-3-10-18-15-7-5-4-6-13(15)17(19)14-11-12(20-2)8-9-16(14)18;1-18-11-8-6-10(7-9-11)15-13-5-3-2-4-12(13)14(16)17;1-17-9-6-7-13-11(8-9)14(16)10-4-2-3-5-12(10)15-13;8-6-4-2-1-3-5(6)7(9)10;1-9-7-4-2-6(8)3-5-7/h6-11,15H,2,5,12-14H2,1,3-4H3,(H,28,30);4-9,11H,3,10H2,1-2H3;2-9,15H,1H3,(H,16,17);2-8H,1H3,(H,15,16);1-4H,(H,9,10);2-5H,8H2,1H3/b24-21+;;;;;. The number of pyridine rings is 2. The molecule has 107 heavy (non-hydrogen) atoms. The van der Waals surface area contributed by atoms with Crippen LogP contribution >= 0.6 is 22.6 Å². The van der Waals surface area contributed by atoms with Crippen LogP contribution in [0.3, 0.4) is 0 Å². The van der Waals surface area contributed by atoms with Gasteiger partial charge in [-0.1, -0.05) is 87.2 Å². The summed E-state index contributed by atoms with van der Waals surface area (Å²) in [6, 6.07) is 70.2. The number of ether oxygens (including phenoxy) is 6. The zero-order chi connectivity index (χ0) is 77.1. The summed E-state index contributed by atoms with van der Waals surface area (Å²) in [5.41, 5.74) is 16.1. The lowest BCUT2D eigenvalue weighted by molar-refractivity contribution is -0.139. The normalized spacial score (nSPS) is 11.2. The summed E-state index contributed by atoms with van der Waals surface area (Å²) >= 11 is 1.99. The lowest BCUT2D eigenvalue weighted by atomic mass is 9.86. The van der Waals surface area contributed by atoms with Crippen LogP contribution in [0.2, 0.25) is 0 Å². The van der Waals surface area contributed by atoms with Crippen LogP contribution in [0, 0.1) is 14.9 Å². The second-order valence-electron chi connectivity index (χ2n) is 23.6. The summed E-state index contributed by atoms with van der Waals surface area (Å²) in [7, 11) is 8.02. The number of aromatic amines is 1. The highest BCUT2D eigenvalue weighted by Crippen LogP contribution is 2.47. The van der Waals surface area contributed by atoms with E-state index in [9.17, 15) is 34.0 Å². The van der Waals surface area contributed by atoms with Gasteiger partial charge >= 0.3 is 17.9 Å². The number of nitrogens with one attached hydrogen (secondary N) is 3. The van der Waals surface area contributed by atoms with E-state index in [1.54, 1.807) is 103 Å². The van der Waals surface area contributed by atoms with Crippen molar-refractivity contribution < 1.29 is 57.8 Å². The van der Waals surface area contributed by atoms with Gasteiger partial charge in [-0.2, -0.15) is 5.26 Å². The van der Waals surface area contributed by atoms with Crippen molar-refractivity contribution in [3.8, 4) is 34.8 Å². The number of aromatic carboxylic acids is 2. The van der Waals surface area contributed by atoms with Crippen LogP contribution < -0.4 is 55.8 Å². The van der Waals surface area contributed by atoms with Gasteiger partial charge < -0.3 is 69.5 Å². The molecule has 3 heterocycles. The van der Waals surface area contributed by atoms with E-state index in [2.05, 4.69) is 51.6 Å². The van der Waals surface area contributed by atoms with Gasteiger partial charge in [0, 0.05) is 88.7 Å². The molecule has 13 rings (SSSR count). The average Bonchev–Trinajstić information content (AvgIpc) is 0.755. The number of fused-ring (bicyclic) bond motifs is 6. The number of carboxylic acids is 2. The molecule has 0 spiro atoms. The van der Waals surface area contributed by atoms with Gasteiger partial charge in [0.05, 0.1) is 75.5 Å². The molecule has 1 amide bonds. The number of carbonyl (C=O) groups is 4. The first kappa shape index (κ1) is 79.8. The highest BCUT2D eigenvalue weighted by atomic mass is 127. The van der Waals surface area contributed by atoms with Crippen molar-refractivity contribution in [3.63, 3.8) is 0 Å². The Balaban J connectivity index is 0.000000170. The zero-order valence-corrected chi connectivity index (χ0v) is 62.6. The number of esters is 1. The van der Waals surface area contributed by atoms with Crippen molar-refractivity contribution in [1.29, 1.82) is 5.26 Å². The lowest BCUT2D eigenvalue weighted by Crippen LogP contribution is -2.31. The number of hydrogen-bond acceptors (Lipinski definition) is 16. The molecule has 0 aliphatic carbocycles. The second-order valence-corrected chi connectivity index (χ2v) is 24.8. The predicted molar refractivity (Wildman–Crippen MR) is 432 cm³/mol. The number of halogens is 1. The molecular weight excluding hydrogens is 1470 g/mol. The number of nitrogens with two attached hydrogens (primary N) is 1. The maximum Gasteiger partial charge on any atom is 0.337 e. The highest BCUT2D eigenvalue weighted by Gasteiger charge is 2.31. The number of aromatic nitrogens is 2. The Labute approximate surface area is 632 Å². The molecular formula is C85H82IN7O14. The average molecular weight is 1550 g/mol. The van der Waals surface area contributed by atoms with Crippen LogP contribution in [0.1, 0.15) is 65.5 Å². The fourth-order valence-corrected chi connectivity index (χ4v) is 11.9. The summed E-state index contributed by atoms with van der Waals surface area (Å²) in [5, 5.41) is 36.2. The van der Waals surface area contributed by atoms with E-state index in [4.69, 9.17) is 44.4 Å². The number of hydrogen-bond donors (Lipinski definition) is 6. The van der Waals surface area contributed by atoms with E-state index >= 15 is 0 Å². The fraction of sp³-hybridized carbons (Fsp3) is 0.165. The SMILES string of the molecule is C=C(C)C(=O)OCCNC(=O)/C(C#N)=C1\c2ccccc2N(CCC)c2ccc(OC)cc21.CCCn1c2ccccc2c(=O)c2cc(OC)ccc21.COc1ccc(N)cc1.COc1ccc(Nc2ccccc2C(=O)O)cc1.COc1ccc2[nH]c3ccccc3c(=O)c2c1.O=C(O)c1ccccc1I. The number of nitrogen functional groups attached to an aromatic ring is 1. The number of anilines is 5. The Morgan fingerprint density at radius 1 is 0.551 bits per heavy atom. The van der Waals surface area contributed by atoms with Crippen LogP contribution in [0.15, 0.2) is 252 Å². The van der Waals surface area contributed by atoms with Crippen molar-refractivity contribution in [1.82, 2.24) is 14.9 Å². The molecule has 7 N–H and O–H groups in total. The molecule has 0 fully saturated rings. The van der Waals surface area contributed by atoms with Crippen molar-refractivity contribution in [2.75, 3.05) is 71.2 Å². The molecule has 0 radical (unpaired) electrons. The maximum absolute atomic E-state index is 13.0. The third-order valence-electron chi connectivity index (χ3n) is 16.5. The summed E-state index contributed by atoms with van der Waals surface area (Å²) in [5.74, 6) is 0.748. The first-order chi connectivity index (χ1) is 51.7. The first-order valence-electron chi connectivity index (χ1n) is 33.8. The van der Waals surface area contributed by atoms with Gasteiger partial charge in [-0.05, 0) is 200 Å². The van der Waals surface area contributed by atoms with E-state index in [1.165, 1.54) is 0 Å². The number of H-pyrrole nitrogens is 1. The molecule has 1 aliphatic heterocycles. The van der Waals surface area contributed by atoms with Gasteiger partial charge in [0.2, 0.25) is 0 Å². The maximum atomic E-state index is 13.0. The van der Waals surface area contributed by atoms with Gasteiger partial charge in [-0.3, -0.25) is 14.4 Å². The lowest BCUT2D eigenvalue weighted by Gasteiger charge is -2.35. The van der Waals surface area contributed by atoms with E-state index in [0.717, 1.165) is 108 Å². The van der Waals surface area contributed by atoms with Gasteiger partial charge in [-0.15, -0.1) is 0 Å². The number of carbonyl (C=O) groups excluding carboxylic acids is 2. The quantitative estimate of drug-likeness (QED) is 0.00885. The molecule has 1 aliphatic rings. The summed E-state index contributed by atoms with van der Waals surface area (Å²) in [6.07, 6.45) is 1.95. The minimum absolute atomic E-state index is 0.0145. The van der Waals surface area contributed by atoms with Crippen molar-refractivity contribution in [2.45, 2.75) is 40.2 Å². The minimum Gasteiger partial charge on any atom is -0.497 e. The molecule has 2 aromatic heterocycles. The first-order valence-corrected chi connectivity index (χ1v) is 34.9. The Bertz CT molecular complexity index is 5360. The van der Waals surface area contributed by atoms with Gasteiger partial charge in [-0.25, -0.2) is 14.4 Å². The molecule has 0 saturated heterocycles. The minimum atomic E-state index is -0.952. The number of nitrogens with zero attached hydrogens (tertiary/aromatic N) is 3. The number of nitriles is 1. The third-order valence-corrected chi connectivity index (χ3v) is 17.5. The monoisotopic (exact) mass is 1550 g/mol. The zero-order valence-electron chi connectivity index (χ0n) is 60.4. The summed E-state index contributed by atoms with van der Waals surface area (Å²) < 4.78 is 33.8. The van der Waals surface area contributed by atoms with Crippen LogP contribution in [-0.4, -0.2) is 98.8 Å². The van der Waals surface area contributed by atoms with E-state index in [-0.39, 0.29) is 40.7 Å². The number of carboxylic acid groups (broad SMARTS) is 2. The Morgan fingerprint density at radius 3 is 1.67 bits per heavy atom. The van der Waals surface area contributed by atoms with Crippen molar-refractivity contribution >= 4 is 124 Å². The van der Waals surface area contributed by atoms with Gasteiger partial charge in [0.15, 0.2) is 10.9 Å². The fourth-order valence-electron chi connectivity index (χ4n) is 11.3. The number of benzene rings is 10. The largest absolute Gasteiger partial charge is 0.497 e. The number of methoxy groups -OCH3 is 5. The van der Waals surface area contributed by atoms with Crippen LogP contribution in [-0.2, 0) is 20.9 Å². The topological polar surface area (TPSA) is 296 Å². The molecule has 0 bridgehead atoms. The van der Waals surface area contributed by atoms with E-state index in [0.29, 0.717) is 44.8 Å². The Kier molecular flexibility index (Phi) is 29.2. The molecule has 21 nitrogen and oxygen atoms in total. The Morgan fingerprint density at radius 2 is 1.06 bits per heavy atom. The van der Waals surface area contributed by atoms with Crippen molar-refractivity contribution in [2.24, 2.45) is 0 Å². The van der Waals surface area contributed by atoms with E-state index < -0.39 is 23.8 Å². The predicted octanol–water partition coefficient (Wildman–Crippen LogP) is 16.8. The number of rotatable bonds is 18. The molecule has 548 valence electrons. The number of para-hydroxylation sites is 4. The van der Waals surface area contributed by atoms with Crippen molar-refractivity contribution in [3.05, 3.63) is 288 Å². The molecule has 0 atom stereocenters. The molecule has 0 unspecified atom stereocenters. The summed E-state index contributed by atoms with van der Waals surface area (Å²) in [4.78, 5) is 76.4. The molecule has 10 aromatic carbocycles. The molecule has 0 saturated carbocycles. The third kappa shape index (κ3) is 20.5. The second kappa shape index (κ2) is 39.1. The van der Waals surface area contributed by atoms with Crippen LogP contribution in [0.25, 0.3) is 49.2 Å². The van der Waals surface area contributed by atoms with Gasteiger partial charge in [0.25, 0.3) is 5.91 Å². The van der Waals surface area contributed by atoms with E-state index in [1.807, 2.05) is 186 Å². The Hall–Kier alpha value is -12.9.